The van der Waals surface area contributed by atoms with Gasteiger partial charge in [-0.05, 0) is 24.0 Å². The van der Waals surface area contributed by atoms with Gasteiger partial charge in [-0.15, -0.1) is 10.2 Å². The van der Waals surface area contributed by atoms with Gasteiger partial charge in [0.05, 0.1) is 0 Å². The fourth-order valence-corrected chi connectivity index (χ4v) is 1.35. The van der Waals surface area contributed by atoms with Crippen LogP contribution in [0.25, 0.3) is 0 Å². The molecule has 0 atom stereocenters. The van der Waals surface area contributed by atoms with E-state index < -0.39 is 5.91 Å². The van der Waals surface area contributed by atoms with Crippen LogP contribution in [0.3, 0.4) is 0 Å². The summed E-state index contributed by atoms with van der Waals surface area (Å²) in [5, 5.41) is 10.8. The number of nitrogens with zero attached hydrogens (tertiary/aromatic N) is 2. The van der Waals surface area contributed by atoms with E-state index in [1.165, 1.54) is 0 Å². The van der Waals surface area contributed by atoms with Gasteiger partial charge >= 0.3 is 0 Å². The molecule has 0 fully saturated rings. The number of methoxy groups -OCH3 is 1. The molecule has 0 aliphatic heterocycles. The maximum atomic E-state index is 10.8. The first-order valence-corrected chi connectivity index (χ1v) is 5.81. The molecule has 0 bridgehead atoms. The van der Waals surface area contributed by atoms with Crippen molar-refractivity contribution in [2.75, 3.05) is 25.6 Å². The number of amides is 1. The van der Waals surface area contributed by atoms with Gasteiger partial charge in [0.2, 0.25) is 0 Å². The van der Waals surface area contributed by atoms with Gasteiger partial charge in [0.25, 0.3) is 5.91 Å². The number of anilines is 1. The minimum absolute atomic E-state index is 0.0973. The quantitative estimate of drug-likeness (QED) is 0.757. The lowest BCUT2D eigenvalue weighted by atomic mass is 9.90. The molecule has 0 unspecified atom stereocenters. The number of ether oxygens (including phenoxy) is 1. The molecule has 6 nitrogen and oxygen atoms in total. The third-order valence-corrected chi connectivity index (χ3v) is 2.65. The van der Waals surface area contributed by atoms with Gasteiger partial charge in [-0.1, -0.05) is 13.8 Å². The molecule has 0 saturated carbocycles. The number of carbonyl (C=O) groups excluding carboxylic acids is 1. The zero-order valence-electron chi connectivity index (χ0n) is 11.1. The van der Waals surface area contributed by atoms with Crippen molar-refractivity contribution < 1.29 is 9.53 Å². The summed E-state index contributed by atoms with van der Waals surface area (Å²) < 4.78 is 5.06. The molecule has 0 aromatic carbocycles. The summed E-state index contributed by atoms with van der Waals surface area (Å²) >= 11 is 0. The van der Waals surface area contributed by atoms with Gasteiger partial charge < -0.3 is 15.8 Å². The number of aromatic nitrogens is 2. The van der Waals surface area contributed by atoms with E-state index in [0.717, 1.165) is 19.6 Å². The summed E-state index contributed by atoms with van der Waals surface area (Å²) in [6.07, 6.45) is 0.948. The Bertz CT molecular complexity index is 390. The lowest BCUT2D eigenvalue weighted by molar-refractivity contribution is 0.0994. The highest BCUT2D eigenvalue weighted by molar-refractivity contribution is 5.90. The molecule has 1 amide bonds. The van der Waals surface area contributed by atoms with Crippen molar-refractivity contribution >= 4 is 11.7 Å². The fraction of sp³-hybridized carbons (Fsp3) is 0.583. The van der Waals surface area contributed by atoms with Crippen molar-refractivity contribution in [1.29, 1.82) is 0 Å². The first kappa shape index (κ1) is 14.4. The monoisotopic (exact) mass is 252 g/mol. The number of primary amides is 1. The standard InChI is InChI=1S/C12H20N4O2/c1-12(2,6-7-18-3)8-14-10-5-4-9(11(13)17)15-16-10/h4-5H,6-8H2,1-3H3,(H2,13,17)(H,14,16). The largest absolute Gasteiger partial charge is 0.385 e. The Kier molecular flexibility index (Phi) is 5.03. The Morgan fingerprint density at radius 1 is 1.44 bits per heavy atom. The third-order valence-electron chi connectivity index (χ3n) is 2.65. The minimum atomic E-state index is -0.575. The average Bonchev–Trinajstić information content (AvgIpc) is 2.35. The number of carbonyl (C=O) groups is 1. The summed E-state index contributed by atoms with van der Waals surface area (Å²) in [5.74, 6) is 0.0555. The molecule has 0 aliphatic rings. The van der Waals surface area contributed by atoms with Crippen LogP contribution in [0.1, 0.15) is 30.8 Å². The van der Waals surface area contributed by atoms with Crippen LogP contribution in [0.5, 0.6) is 0 Å². The van der Waals surface area contributed by atoms with E-state index in [1.54, 1.807) is 19.2 Å². The summed E-state index contributed by atoms with van der Waals surface area (Å²) in [6, 6.07) is 3.25. The molecule has 0 aliphatic carbocycles. The predicted octanol–water partition coefficient (Wildman–Crippen LogP) is 1.05. The van der Waals surface area contributed by atoms with Crippen LogP contribution in [-0.2, 0) is 4.74 Å². The molecule has 1 rings (SSSR count). The number of hydrogen-bond acceptors (Lipinski definition) is 5. The van der Waals surface area contributed by atoms with Crippen molar-refractivity contribution in [2.24, 2.45) is 11.1 Å². The highest BCUT2D eigenvalue weighted by Crippen LogP contribution is 2.20. The zero-order valence-corrected chi connectivity index (χ0v) is 11.1. The van der Waals surface area contributed by atoms with Crippen LogP contribution in [0.15, 0.2) is 12.1 Å². The normalized spacial score (nSPS) is 11.3. The van der Waals surface area contributed by atoms with Crippen molar-refractivity contribution in [3.63, 3.8) is 0 Å². The zero-order chi connectivity index (χ0) is 13.6. The Hall–Kier alpha value is -1.69. The average molecular weight is 252 g/mol. The maximum absolute atomic E-state index is 10.8. The molecule has 1 aromatic rings. The molecular weight excluding hydrogens is 232 g/mol. The van der Waals surface area contributed by atoms with Crippen LogP contribution in [0.2, 0.25) is 0 Å². The second-order valence-corrected chi connectivity index (χ2v) is 4.93. The molecule has 18 heavy (non-hydrogen) atoms. The first-order valence-electron chi connectivity index (χ1n) is 5.81. The van der Waals surface area contributed by atoms with Crippen molar-refractivity contribution in [1.82, 2.24) is 10.2 Å². The van der Waals surface area contributed by atoms with Crippen LogP contribution in [0.4, 0.5) is 5.82 Å². The van der Waals surface area contributed by atoms with Gasteiger partial charge in [0, 0.05) is 20.3 Å². The van der Waals surface area contributed by atoms with Gasteiger partial charge in [-0.2, -0.15) is 0 Å². The van der Waals surface area contributed by atoms with Gasteiger partial charge in [0.1, 0.15) is 5.82 Å². The number of nitrogens with two attached hydrogens (primary N) is 1. The lowest BCUT2D eigenvalue weighted by Crippen LogP contribution is -2.25. The van der Waals surface area contributed by atoms with Crippen LogP contribution in [0, 0.1) is 5.41 Å². The second-order valence-electron chi connectivity index (χ2n) is 4.93. The third kappa shape index (κ3) is 4.67. The van der Waals surface area contributed by atoms with E-state index in [2.05, 4.69) is 29.4 Å². The Morgan fingerprint density at radius 3 is 2.67 bits per heavy atom. The molecule has 100 valence electrons. The maximum Gasteiger partial charge on any atom is 0.269 e. The van der Waals surface area contributed by atoms with Crippen molar-refractivity contribution in [2.45, 2.75) is 20.3 Å². The van der Waals surface area contributed by atoms with Gasteiger partial charge in [0.15, 0.2) is 5.69 Å². The van der Waals surface area contributed by atoms with E-state index in [4.69, 9.17) is 10.5 Å². The van der Waals surface area contributed by atoms with E-state index >= 15 is 0 Å². The Balaban J connectivity index is 2.50. The number of hydrogen-bond donors (Lipinski definition) is 2. The number of rotatable bonds is 7. The Morgan fingerprint density at radius 2 is 2.17 bits per heavy atom. The summed E-state index contributed by atoms with van der Waals surface area (Å²) in [6.45, 7) is 5.76. The molecule has 1 aromatic heterocycles. The number of nitrogens with one attached hydrogen (secondary N) is 1. The van der Waals surface area contributed by atoms with Crippen LogP contribution < -0.4 is 11.1 Å². The summed E-state index contributed by atoms with van der Waals surface area (Å²) in [4.78, 5) is 10.8. The molecule has 3 N–H and O–H groups in total. The molecule has 0 saturated heterocycles. The van der Waals surface area contributed by atoms with E-state index in [9.17, 15) is 4.79 Å². The van der Waals surface area contributed by atoms with Crippen LogP contribution in [-0.4, -0.2) is 36.4 Å². The summed E-state index contributed by atoms with van der Waals surface area (Å²) in [5.41, 5.74) is 5.35. The van der Waals surface area contributed by atoms with E-state index in [1.807, 2.05) is 0 Å². The van der Waals surface area contributed by atoms with Crippen molar-refractivity contribution in [3.05, 3.63) is 17.8 Å². The van der Waals surface area contributed by atoms with E-state index in [-0.39, 0.29) is 11.1 Å². The highest BCUT2D eigenvalue weighted by Gasteiger charge is 2.17. The van der Waals surface area contributed by atoms with Gasteiger partial charge in [-0.25, -0.2) is 0 Å². The predicted molar refractivity (Wildman–Crippen MR) is 69.3 cm³/mol. The van der Waals surface area contributed by atoms with Crippen LogP contribution >= 0.6 is 0 Å². The summed E-state index contributed by atoms with van der Waals surface area (Å²) in [7, 11) is 1.69. The smallest absolute Gasteiger partial charge is 0.269 e. The molecule has 6 heteroatoms. The van der Waals surface area contributed by atoms with Crippen molar-refractivity contribution in [3.8, 4) is 0 Å². The SMILES string of the molecule is COCCC(C)(C)CNc1ccc(C(N)=O)nn1. The molecular formula is C12H20N4O2. The van der Waals surface area contributed by atoms with E-state index in [0.29, 0.717) is 5.82 Å². The Labute approximate surface area is 107 Å². The minimum Gasteiger partial charge on any atom is -0.385 e. The molecule has 0 radical (unpaired) electrons. The first-order chi connectivity index (χ1) is 8.44. The van der Waals surface area contributed by atoms with Gasteiger partial charge in [-0.3, -0.25) is 4.79 Å². The second kappa shape index (κ2) is 6.30. The lowest BCUT2D eigenvalue weighted by Gasteiger charge is -2.24. The molecule has 1 heterocycles. The molecule has 0 spiro atoms. The highest BCUT2D eigenvalue weighted by atomic mass is 16.5. The topological polar surface area (TPSA) is 90.1 Å². The fourth-order valence-electron chi connectivity index (χ4n) is 1.35.